The molecule has 148 valence electrons. The third-order valence-corrected chi connectivity index (χ3v) is 7.17. The average molecular weight is 410 g/mol. The number of hydroxylamine groups is 2. The molecule has 0 aliphatic carbocycles. The summed E-state index contributed by atoms with van der Waals surface area (Å²) in [5.41, 5.74) is 2.59. The summed E-state index contributed by atoms with van der Waals surface area (Å²) in [4.78, 5) is 19.9. The highest BCUT2D eigenvalue weighted by atomic mass is 32.2. The Kier molecular flexibility index (Phi) is 4.82. The van der Waals surface area contributed by atoms with E-state index in [1.54, 1.807) is 30.3 Å². The van der Waals surface area contributed by atoms with Crippen molar-refractivity contribution in [2.24, 2.45) is 0 Å². The lowest BCUT2D eigenvalue weighted by Crippen LogP contribution is -2.39. The number of benzene rings is 2. The third-order valence-electron chi connectivity index (χ3n) is 5.06. The fourth-order valence-electron chi connectivity index (χ4n) is 3.46. The van der Waals surface area contributed by atoms with Gasteiger partial charge in [-0.05, 0) is 61.7 Å². The van der Waals surface area contributed by atoms with Gasteiger partial charge >= 0.3 is 0 Å². The van der Waals surface area contributed by atoms with Gasteiger partial charge in [0, 0.05) is 12.1 Å². The van der Waals surface area contributed by atoms with E-state index in [2.05, 4.69) is 16.0 Å². The summed E-state index contributed by atoms with van der Waals surface area (Å²) in [5.74, 6) is -0.233. The second-order valence-corrected chi connectivity index (χ2v) is 9.07. The van der Waals surface area contributed by atoms with Crippen LogP contribution in [0.4, 0.5) is 0 Å². The van der Waals surface area contributed by atoms with Crippen LogP contribution in [0.1, 0.15) is 24.8 Å². The number of nitriles is 1. The maximum atomic E-state index is 12.9. The summed E-state index contributed by atoms with van der Waals surface area (Å²) in [6, 6.07) is 13.3. The van der Waals surface area contributed by atoms with Crippen LogP contribution >= 0.6 is 0 Å². The number of sulfone groups is 1. The van der Waals surface area contributed by atoms with Gasteiger partial charge in [0.2, 0.25) is 0 Å². The Hall–Kier alpha value is -3.22. The third kappa shape index (κ3) is 3.48. The minimum Gasteiger partial charge on any atom is -0.338 e. The van der Waals surface area contributed by atoms with E-state index in [1.165, 1.54) is 12.1 Å². The number of nitrogens with one attached hydrogen (secondary N) is 1. The number of hydrogen-bond donors (Lipinski definition) is 2. The molecule has 0 bridgehead atoms. The van der Waals surface area contributed by atoms with Gasteiger partial charge in [-0.1, -0.05) is 0 Å². The van der Waals surface area contributed by atoms with Gasteiger partial charge in [0.25, 0.3) is 5.91 Å². The lowest BCUT2D eigenvalue weighted by molar-refractivity contribution is -0.163. The van der Waals surface area contributed by atoms with Gasteiger partial charge in [0.15, 0.2) is 9.84 Å². The van der Waals surface area contributed by atoms with Gasteiger partial charge in [-0.2, -0.15) is 5.26 Å². The van der Waals surface area contributed by atoms with E-state index in [0.29, 0.717) is 40.4 Å². The van der Waals surface area contributed by atoms with Crippen molar-refractivity contribution < 1.29 is 18.4 Å². The molecule has 2 aromatic carbocycles. The van der Waals surface area contributed by atoms with E-state index in [-0.39, 0.29) is 17.9 Å². The number of nitrogens with zero attached hydrogens (tertiary/aromatic N) is 3. The molecule has 0 radical (unpaired) electrons. The minimum atomic E-state index is -3.92. The molecule has 3 aromatic rings. The normalized spacial score (nSPS) is 17.9. The number of H-pyrrole nitrogens is 1. The lowest BCUT2D eigenvalue weighted by Gasteiger charge is -2.18. The van der Waals surface area contributed by atoms with Crippen LogP contribution in [0.2, 0.25) is 0 Å². The Morgan fingerprint density at radius 2 is 1.93 bits per heavy atom. The van der Waals surface area contributed by atoms with Crippen LogP contribution < -0.4 is 0 Å². The molecule has 1 amide bonds. The zero-order valence-electron chi connectivity index (χ0n) is 15.4. The number of amides is 1. The minimum absolute atomic E-state index is 0.0257. The largest absolute Gasteiger partial charge is 0.338 e. The van der Waals surface area contributed by atoms with E-state index in [9.17, 15) is 18.4 Å². The summed E-state index contributed by atoms with van der Waals surface area (Å²) in [6.07, 6.45) is 1.30. The maximum absolute atomic E-state index is 12.9. The molecule has 2 N–H and O–H groups in total. The van der Waals surface area contributed by atoms with Crippen molar-refractivity contribution in [1.82, 2.24) is 15.0 Å². The Balaban J connectivity index is 1.65. The van der Waals surface area contributed by atoms with Gasteiger partial charge < -0.3 is 4.98 Å². The van der Waals surface area contributed by atoms with Crippen molar-refractivity contribution in [3.8, 4) is 17.5 Å². The number of hydrogen-bond acceptors (Lipinski definition) is 6. The molecular formula is C20H18N4O4S. The first-order valence-corrected chi connectivity index (χ1v) is 10.7. The Morgan fingerprint density at radius 1 is 1.17 bits per heavy atom. The molecule has 1 unspecified atom stereocenters. The van der Waals surface area contributed by atoms with Crippen molar-refractivity contribution >= 4 is 26.8 Å². The van der Waals surface area contributed by atoms with E-state index in [1.807, 2.05) is 0 Å². The molecule has 1 fully saturated rings. The van der Waals surface area contributed by atoms with Crippen LogP contribution in [0.15, 0.2) is 47.4 Å². The highest BCUT2D eigenvalue weighted by molar-refractivity contribution is 7.92. The Morgan fingerprint density at radius 3 is 2.66 bits per heavy atom. The van der Waals surface area contributed by atoms with Gasteiger partial charge in [0.1, 0.15) is 11.1 Å². The van der Waals surface area contributed by atoms with Crippen molar-refractivity contribution in [1.29, 1.82) is 5.26 Å². The molecule has 1 aliphatic heterocycles. The van der Waals surface area contributed by atoms with Crippen molar-refractivity contribution in [3.05, 3.63) is 48.0 Å². The predicted molar refractivity (Wildman–Crippen MR) is 105 cm³/mol. The van der Waals surface area contributed by atoms with E-state index >= 15 is 0 Å². The van der Waals surface area contributed by atoms with Crippen LogP contribution in [0, 0.1) is 11.3 Å². The second kappa shape index (κ2) is 7.31. The quantitative estimate of drug-likeness (QED) is 0.639. The molecule has 2 heterocycles. The smallest absolute Gasteiger partial charge is 0.264 e. The molecule has 4 rings (SSSR count). The first-order valence-electron chi connectivity index (χ1n) is 9.14. The van der Waals surface area contributed by atoms with Gasteiger partial charge in [-0.3, -0.25) is 10.0 Å². The lowest BCUT2D eigenvalue weighted by atomic mass is 10.2. The van der Waals surface area contributed by atoms with Gasteiger partial charge in [-0.15, -0.1) is 0 Å². The summed E-state index contributed by atoms with van der Waals surface area (Å²) in [6.45, 7) is 0.142. The number of aromatic amines is 1. The van der Waals surface area contributed by atoms with Crippen molar-refractivity contribution in [2.45, 2.75) is 29.4 Å². The fraction of sp³-hybridized carbons (Fsp3) is 0.250. The number of carbonyl (C=O) groups excluding carboxylic acids is 1. The van der Waals surface area contributed by atoms with Crippen LogP contribution in [-0.2, 0) is 14.6 Å². The SMILES string of the molecule is N#Cc1ccc2[nH]c(-c3ccc(S(=O)(=O)C4CCCCN(O)C4=O)cc3)nc2c1. The monoisotopic (exact) mass is 410 g/mol. The summed E-state index contributed by atoms with van der Waals surface area (Å²) in [7, 11) is -3.92. The predicted octanol–water partition coefficient (Wildman–Crippen LogP) is 2.65. The van der Waals surface area contributed by atoms with Gasteiger partial charge in [-0.25, -0.2) is 18.5 Å². The van der Waals surface area contributed by atoms with E-state index in [4.69, 9.17) is 5.26 Å². The number of rotatable bonds is 3. The highest BCUT2D eigenvalue weighted by Crippen LogP contribution is 2.27. The fourth-order valence-corrected chi connectivity index (χ4v) is 5.17. The molecule has 1 aliphatic rings. The number of carbonyl (C=O) groups is 1. The standard InChI is InChI=1S/C20H18N4O4S/c21-12-13-4-9-16-17(11-13)23-19(22-16)14-5-7-15(8-6-14)29(27,28)18-3-1-2-10-24(26)20(18)25/h4-9,11,18,26H,1-3,10H2,(H,22,23). The zero-order valence-corrected chi connectivity index (χ0v) is 16.2. The summed E-state index contributed by atoms with van der Waals surface area (Å²) < 4.78 is 25.9. The molecule has 0 spiro atoms. The molecule has 1 atom stereocenters. The molecule has 0 saturated carbocycles. The first kappa shape index (κ1) is 19.1. The van der Waals surface area contributed by atoms with Crippen molar-refractivity contribution in [3.63, 3.8) is 0 Å². The van der Waals surface area contributed by atoms with Crippen molar-refractivity contribution in [2.75, 3.05) is 6.54 Å². The Bertz CT molecular complexity index is 1230. The molecule has 9 heteroatoms. The van der Waals surface area contributed by atoms with E-state index < -0.39 is 21.0 Å². The molecule has 8 nitrogen and oxygen atoms in total. The van der Waals surface area contributed by atoms with Crippen LogP contribution in [0.3, 0.4) is 0 Å². The Labute approximate surface area is 167 Å². The topological polar surface area (TPSA) is 127 Å². The highest BCUT2D eigenvalue weighted by Gasteiger charge is 2.37. The first-order chi connectivity index (χ1) is 13.9. The maximum Gasteiger partial charge on any atom is 0.264 e. The van der Waals surface area contributed by atoms with Gasteiger partial charge in [0.05, 0.1) is 27.6 Å². The van der Waals surface area contributed by atoms with Crippen LogP contribution in [-0.4, -0.2) is 46.4 Å². The molecular weight excluding hydrogens is 392 g/mol. The number of aromatic nitrogens is 2. The molecule has 29 heavy (non-hydrogen) atoms. The average Bonchev–Trinajstić information content (AvgIpc) is 3.08. The molecule has 1 saturated heterocycles. The summed E-state index contributed by atoms with van der Waals surface area (Å²) in [5, 5.41) is 18.0. The number of fused-ring (bicyclic) bond motifs is 1. The second-order valence-electron chi connectivity index (χ2n) is 6.94. The van der Waals surface area contributed by atoms with Crippen LogP contribution in [0.25, 0.3) is 22.4 Å². The molecule has 1 aromatic heterocycles. The number of imidazole rings is 1. The van der Waals surface area contributed by atoms with E-state index in [0.717, 1.165) is 5.52 Å². The zero-order chi connectivity index (χ0) is 20.6. The van der Waals surface area contributed by atoms with Crippen LogP contribution in [0.5, 0.6) is 0 Å². The summed E-state index contributed by atoms with van der Waals surface area (Å²) >= 11 is 0.